The summed E-state index contributed by atoms with van der Waals surface area (Å²) in [4.78, 5) is 25.1. The van der Waals surface area contributed by atoms with E-state index < -0.39 is 0 Å². The topological polar surface area (TPSA) is 61.4 Å². The second-order valence-corrected chi connectivity index (χ2v) is 5.95. The monoisotopic (exact) mass is 323 g/mol. The fourth-order valence-corrected chi connectivity index (χ4v) is 2.72. The lowest BCUT2D eigenvalue weighted by Gasteiger charge is -2.17. The quantitative estimate of drug-likeness (QED) is 0.791. The van der Waals surface area contributed by atoms with Crippen molar-refractivity contribution in [3.05, 3.63) is 34.9 Å². The summed E-state index contributed by atoms with van der Waals surface area (Å²) >= 11 is 5.94. The molecule has 0 radical (unpaired) electrons. The van der Waals surface area contributed by atoms with Crippen molar-refractivity contribution in [2.75, 3.05) is 19.6 Å². The molecule has 0 saturated carbocycles. The first kappa shape index (κ1) is 16.6. The summed E-state index contributed by atoms with van der Waals surface area (Å²) in [5, 5.41) is 6.34. The second-order valence-electron chi connectivity index (χ2n) is 5.51. The Morgan fingerprint density at radius 3 is 2.95 bits per heavy atom. The standard InChI is InChI=1S/C16H22ClN3O2/c1-12(13-5-2-6-14(17)11-13)19-16(22)18-8-4-10-20-9-3-7-15(20)21/h2,5-6,11-12H,3-4,7-10H2,1H3,(H2,18,19,22). The van der Waals surface area contributed by atoms with Crippen LogP contribution in [0.2, 0.25) is 5.02 Å². The van der Waals surface area contributed by atoms with Gasteiger partial charge in [-0.3, -0.25) is 4.79 Å². The van der Waals surface area contributed by atoms with E-state index in [1.807, 2.05) is 30.0 Å². The molecule has 1 aliphatic heterocycles. The fourth-order valence-electron chi connectivity index (χ4n) is 2.52. The molecular weight excluding hydrogens is 302 g/mol. The van der Waals surface area contributed by atoms with Gasteiger partial charge in [-0.05, 0) is 37.5 Å². The van der Waals surface area contributed by atoms with Gasteiger partial charge in [0.25, 0.3) is 0 Å². The average molecular weight is 324 g/mol. The Kier molecular flexibility index (Phi) is 6.07. The van der Waals surface area contributed by atoms with Crippen molar-refractivity contribution in [2.24, 2.45) is 0 Å². The van der Waals surface area contributed by atoms with Gasteiger partial charge in [-0.2, -0.15) is 0 Å². The van der Waals surface area contributed by atoms with Gasteiger partial charge in [-0.15, -0.1) is 0 Å². The molecule has 2 rings (SSSR count). The highest BCUT2D eigenvalue weighted by atomic mass is 35.5. The minimum absolute atomic E-state index is 0.112. The van der Waals surface area contributed by atoms with E-state index in [1.165, 1.54) is 0 Å². The van der Waals surface area contributed by atoms with Crippen LogP contribution >= 0.6 is 11.6 Å². The summed E-state index contributed by atoms with van der Waals surface area (Å²) in [6.45, 7) is 4.02. The maximum atomic E-state index is 11.8. The Morgan fingerprint density at radius 1 is 1.45 bits per heavy atom. The number of hydrogen-bond donors (Lipinski definition) is 2. The molecule has 1 aromatic rings. The first-order valence-corrected chi connectivity index (χ1v) is 8.01. The zero-order valence-electron chi connectivity index (χ0n) is 12.8. The number of nitrogens with zero attached hydrogens (tertiary/aromatic N) is 1. The van der Waals surface area contributed by atoms with Crippen molar-refractivity contribution >= 4 is 23.5 Å². The molecule has 1 atom stereocenters. The lowest BCUT2D eigenvalue weighted by atomic mass is 10.1. The summed E-state index contributed by atoms with van der Waals surface area (Å²) in [7, 11) is 0. The number of halogens is 1. The van der Waals surface area contributed by atoms with Crippen molar-refractivity contribution < 1.29 is 9.59 Å². The van der Waals surface area contributed by atoms with Crippen LogP contribution in [0.4, 0.5) is 4.79 Å². The van der Waals surface area contributed by atoms with Gasteiger partial charge in [0.1, 0.15) is 0 Å². The van der Waals surface area contributed by atoms with Gasteiger partial charge in [-0.1, -0.05) is 23.7 Å². The minimum Gasteiger partial charge on any atom is -0.343 e. The molecule has 1 fully saturated rings. The van der Waals surface area contributed by atoms with Crippen LogP contribution in [0.1, 0.15) is 37.8 Å². The van der Waals surface area contributed by atoms with Crippen molar-refractivity contribution in [1.29, 1.82) is 0 Å². The van der Waals surface area contributed by atoms with Crippen molar-refractivity contribution in [1.82, 2.24) is 15.5 Å². The van der Waals surface area contributed by atoms with Gasteiger partial charge in [0.05, 0.1) is 6.04 Å². The highest BCUT2D eigenvalue weighted by Crippen LogP contribution is 2.17. The Morgan fingerprint density at radius 2 is 2.27 bits per heavy atom. The van der Waals surface area contributed by atoms with Crippen LogP contribution in [0.15, 0.2) is 24.3 Å². The summed E-state index contributed by atoms with van der Waals surface area (Å²) in [6.07, 6.45) is 2.37. The lowest BCUT2D eigenvalue weighted by molar-refractivity contribution is -0.127. The molecule has 5 nitrogen and oxygen atoms in total. The number of hydrogen-bond acceptors (Lipinski definition) is 2. The predicted octanol–water partition coefficient (Wildman–Crippen LogP) is 2.71. The lowest BCUT2D eigenvalue weighted by Crippen LogP contribution is -2.38. The van der Waals surface area contributed by atoms with Gasteiger partial charge in [0.2, 0.25) is 5.91 Å². The van der Waals surface area contributed by atoms with Crippen LogP contribution < -0.4 is 10.6 Å². The zero-order valence-corrected chi connectivity index (χ0v) is 13.5. The Labute approximate surface area is 136 Å². The first-order chi connectivity index (χ1) is 10.6. The first-order valence-electron chi connectivity index (χ1n) is 7.64. The van der Waals surface area contributed by atoms with Crippen LogP contribution in [0, 0.1) is 0 Å². The maximum Gasteiger partial charge on any atom is 0.315 e. The van der Waals surface area contributed by atoms with Crippen LogP contribution in [-0.4, -0.2) is 36.5 Å². The van der Waals surface area contributed by atoms with Gasteiger partial charge in [-0.25, -0.2) is 4.79 Å². The summed E-state index contributed by atoms with van der Waals surface area (Å²) < 4.78 is 0. The molecule has 0 aliphatic carbocycles. The van der Waals surface area contributed by atoms with E-state index in [0.29, 0.717) is 24.5 Å². The normalized spacial score (nSPS) is 15.7. The minimum atomic E-state index is -0.208. The molecule has 2 N–H and O–H groups in total. The number of urea groups is 1. The number of likely N-dealkylation sites (tertiary alicyclic amines) is 1. The highest BCUT2D eigenvalue weighted by Gasteiger charge is 2.19. The number of amides is 3. The van der Waals surface area contributed by atoms with Gasteiger partial charge in [0, 0.05) is 31.1 Å². The van der Waals surface area contributed by atoms with Crippen LogP contribution in [0.25, 0.3) is 0 Å². The van der Waals surface area contributed by atoms with Gasteiger partial charge < -0.3 is 15.5 Å². The number of rotatable bonds is 6. The molecule has 6 heteroatoms. The maximum absolute atomic E-state index is 11.8. The third kappa shape index (κ3) is 4.91. The largest absolute Gasteiger partial charge is 0.343 e. The third-order valence-corrected chi connectivity index (χ3v) is 3.99. The summed E-state index contributed by atoms with van der Waals surface area (Å²) in [5.74, 6) is 0.221. The average Bonchev–Trinajstić information content (AvgIpc) is 2.89. The molecule has 0 aromatic heterocycles. The van der Waals surface area contributed by atoms with E-state index in [0.717, 1.165) is 24.9 Å². The van der Waals surface area contributed by atoms with Crippen molar-refractivity contribution in [3.63, 3.8) is 0 Å². The van der Waals surface area contributed by atoms with E-state index in [1.54, 1.807) is 6.07 Å². The Balaban J connectivity index is 1.66. The molecule has 1 saturated heterocycles. The number of carbonyl (C=O) groups excluding carboxylic acids is 2. The summed E-state index contributed by atoms with van der Waals surface area (Å²) in [6, 6.07) is 7.11. The SMILES string of the molecule is CC(NC(=O)NCCCN1CCCC1=O)c1cccc(Cl)c1. The Bertz CT molecular complexity index is 536. The number of benzene rings is 1. The van der Waals surface area contributed by atoms with Crippen LogP contribution in [-0.2, 0) is 4.79 Å². The third-order valence-electron chi connectivity index (χ3n) is 3.76. The molecule has 1 aromatic carbocycles. The number of nitrogens with one attached hydrogen (secondary N) is 2. The predicted molar refractivity (Wildman–Crippen MR) is 86.8 cm³/mol. The molecule has 1 unspecified atom stereocenters. The van der Waals surface area contributed by atoms with E-state index in [4.69, 9.17) is 11.6 Å². The smallest absolute Gasteiger partial charge is 0.315 e. The van der Waals surface area contributed by atoms with E-state index in [-0.39, 0.29) is 18.0 Å². The van der Waals surface area contributed by atoms with Crippen LogP contribution in [0.5, 0.6) is 0 Å². The van der Waals surface area contributed by atoms with E-state index in [2.05, 4.69) is 10.6 Å². The molecule has 120 valence electrons. The van der Waals surface area contributed by atoms with Gasteiger partial charge >= 0.3 is 6.03 Å². The molecule has 22 heavy (non-hydrogen) atoms. The molecular formula is C16H22ClN3O2. The fraction of sp³-hybridized carbons (Fsp3) is 0.500. The van der Waals surface area contributed by atoms with Gasteiger partial charge in [0.15, 0.2) is 0 Å². The van der Waals surface area contributed by atoms with Crippen molar-refractivity contribution in [2.45, 2.75) is 32.2 Å². The zero-order chi connectivity index (χ0) is 15.9. The molecule has 0 bridgehead atoms. The highest BCUT2D eigenvalue weighted by molar-refractivity contribution is 6.30. The number of carbonyl (C=O) groups is 2. The molecule has 3 amide bonds. The summed E-state index contributed by atoms with van der Waals surface area (Å²) in [5.41, 5.74) is 0.963. The van der Waals surface area contributed by atoms with Crippen molar-refractivity contribution in [3.8, 4) is 0 Å². The second kappa shape index (κ2) is 8.03. The Hall–Kier alpha value is -1.75. The van der Waals surface area contributed by atoms with E-state index in [9.17, 15) is 9.59 Å². The molecule has 1 aliphatic rings. The van der Waals surface area contributed by atoms with E-state index >= 15 is 0 Å². The molecule has 0 spiro atoms. The molecule has 1 heterocycles. The van der Waals surface area contributed by atoms with Crippen LogP contribution in [0.3, 0.4) is 0 Å².